The number of aliphatic imine (C=N–C) groups is 1. The average molecular weight is 255 g/mol. The smallest absolute Gasteiger partial charge is 0.157 e. The first-order valence-electron chi connectivity index (χ1n) is 5.59. The van der Waals surface area contributed by atoms with E-state index in [9.17, 15) is 0 Å². The normalized spacial score (nSPS) is 21.9. The Kier molecular flexibility index (Phi) is 3.86. The molecule has 3 nitrogen and oxygen atoms in total. The molecule has 2 atom stereocenters. The second kappa shape index (κ2) is 5.19. The van der Waals surface area contributed by atoms with Crippen molar-refractivity contribution in [1.29, 1.82) is 0 Å². The summed E-state index contributed by atoms with van der Waals surface area (Å²) in [7, 11) is 0. The molecular weight excluding hydrogens is 238 g/mol. The Labute approximate surface area is 105 Å². The maximum atomic E-state index is 4.51. The van der Waals surface area contributed by atoms with Crippen LogP contribution >= 0.6 is 23.1 Å². The van der Waals surface area contributed by atoms with Gasteiger partial charge in [-0.3, -0.25) is 4.99 Å². The monoisotopic (exact) mass is 255 g/mol. The number of amidine groups is 1. The lowest BCUT2D eigenvalue weighted by Gasteiger charge is -2.12. The second-order valence-electron chi connectivity index (χ2n) is 3.97. The van der Waals surface area contributed by atoms with Gasteiger partial charge in [-0.15, -0.1) is 11.3 Å². The number of aryl methyl sites for hydroxylation is 1. The van der Waals surface area contributed by atoms with Crippen LogP contribution in [0.3, 0.4) is 0 Å². The molecule has 88 valence electrons. The molecule has 0 amide bonds. The van der Waals surface area contributed by atoms with Gasteiger partial charge in [-0.2, -0.15) is 0 Å². The third kappa shape index (κ3) is 2.77. The lowest BCUT2D eigenvalue weighted by molar-refractivity contribution is 0.715. The van der Waals surface area contributed by atoms with Crippen LogP contribution in [0.1, 0.15) is 36.2 Å². The van der Waals surface area contributed by atoms with Gasteiger partial charge in [-0.25, -0.2) is 4.98 Å². The van der Waals surface area contributed by atoms with Crippen LogP contribution in [0.4, 0.5) is 0 Å². The molecule has 0 aromatic carbocycles. The largest absolute Gasteiger partial charge is 0.356 e. The number of hydrogen-bond acceptors (Lipinski definition) is 5. The molecule has 0 aliphatic carbocycles. The standard InChI is InChI=1S/C11H17N3S2/c1-4-9-6-13-11(16-9)14-8(3)10-12-5-7(2)15-10/h5,8-9H,4,6H2,1-3H3,(H,13,14). The van der Waals surface area contributed by atoms with Gasteiger partial charge in [0.05, 0.1) is 12.6 Å². The molecule has 1 aromatic heterocycles. The second-order valence-corrected chi connectivity index (χ2v) is 6.52. The molecule has 0 saturated heterocycles. The summed E-state index contributed by atoms with van der Waals surface area (Å²) < 4.78 is 0. The third-order valence-electron chi connectivity index (χ3n) is 2.52. The molecule has 0 radical (unpaired) electrons. The average Bonchev–Trinajstić information content (AvgIpc) is 2.87. The lowest BCUT2D eigenvalue weighted by atomic mass is 10.3. The van der Waals surface area contributed by atoms with Crippen molar-refractivity contribution in [2.24, 2.45) is 4.99 Å². The Balaban J connectivity index is 1.91. The molecule has 0 bridgehead atoms. The summed E-state index contributed by atoms with van der Waals surface area (Å²) in [6.07, 6.45) is 3.11. The maximum absolute atomic E-state index is 4.51. The van der Waals surface area contributed by atoms with Gasteiger partial charge in [-0.1, -0.05) is 18.7 Å². The highest BCUT2D eigenvalue weighted by atomic mass is 32.2. The number of nitrogens with zero attached hydrogens (tertiary/aromatic N) is 2. The van der Waals surface area contributed by atoms with Crippen molar-refractivity contribution < 1.29 is 0 Å². The van der Waals surface area contributed by atoms with Crippen molar-refractivity contribution >= 4 is 28.3 Å². The van der Waals surface area contributed by atoms with E-state index in [4.69, 9.17) is 0 Å². The summed E-state index contributed by atoms with van der Waals surface area (Å²) in [5.41, 5.74) is 0. The van der Waals surface area contributed by atoms with Crippen LogP contribution in [-0.4, -0.2) is 21.9 Å². The van der Waals surface area contributed by atoms with Crippen molar-refractivity contribution in [2.75, 3.05) is 6.54 Å². The zero-order chi connectivity index (χ0) is 11.5. The minimum atomic E-state index is 0.264. The zero-order valence-corrected chi connectivity index (χ0v) is 11.5. The molecule has 1 aliphatic heterocycles. The van der Waals surface area contributed by atoms with E-state index in [1.54, 1.807) is 11.3 Å². The highest BCUT2D eigenvalue weighted by molar-refractivity contribution is 8.14. The van der Waals surface area contributed by atoms with Gasteiger partial charge in [-0.05, 0) is 20.3 Å². The first-order valence-corrected chi connectivity index (χ1v) is 7.28. The Morgan fingerprint density at radius 1 is 1.62 bits per heavy atom. The van der Waals surface area contributed by atoms with Crippen LogP contribution in [0.2, 0.25) is 0 Å². The Hall–Kier alpha value is -0.550. The topological polar surface area (TPSA) is 37.3 Å². The van der Waals surface area contributed by atoms with Crippen LogP contribution in [0, 0.1) is 6.92 Å². The SMILES string of the molecule is CCC1CN=C(NC(C)c2ncc(C)s2)S1. The molecule has 2 heterocycles. The molecule has 0 saturated carbocycles. The molecule has 5 heteroatoms. The van der Waals surface area contributed by atoms with Crippen molar-refractivity contribution in [2.45, 2.75) is 38.5 Å². The molecule has 2 rings (SSSR count). The molecular formula is C11H17N3S2. The quantitative estimate of drug-likeness (QED) is 0.902. The Bertz CT molecular complexity index is 386. The molecule has 16 heavy (non-hydrogen) atoms. The fourth-order valence-corrected chi connectivity index (χ4v) is 3.33. The van der Waals surface area contributed by atoms with Crippen LogP contribution < -0.4 is 5.32 Å². The first-order chi connectivity index (χ1) is 7.69. The maximum Gasteiger partial charge on any atom is 0.157 e. The molecule has 1 aromatic rings. The van der Waals surface area contributed by atoms with Crippen molar-refractivity contribution in [3.8, 4) is 0 Å². The Morgan fingerprint density at radius 3 is 3.00 bits per heavy atom. The summed E-state index contributed by atoms with van der Waals surface area (Å²) in [6, 6.07) is 0.264. The zero-order valence-electron chi connectivity index (χ0n) is 9.86. The minimum Gasteiger partial charge on any atom is -0.356 e. The van der Waals surface area contributed by atoms with Crippen LogP contribution in [0.15, 0.2) is 11.2 Å². The van der Waals surface area contributed by atoms with Crippen molar-refractivity contribution in [3.05, 3.63) is 16.1 Å². The number of thiazole rings is 1. The fraction of sp³-hybridized carbons (Fsp3) is 0.636. The van der Waals surface area contributed by atoms with Gasteiger partial charge < -0.3 is 5.32 Å². The van der Waals surface area contributed by atoms with E-state index >= 15 is 0 Å². The summed E-state index contributed by atoms with van der Waals surface area (Å²) in [5.74, 6) is 0. The van der Waals surface area contributed by atoms with Crippen molar-refractivity contribution in [1.82, 2.24) is 10.3 Å². The Morgan fingerprint density at radius 2 is 2.44 bits per heavy atom. The molecule has 1 aliphatic rings. The van der Waals surface area contributed by atoms with Gasteiger partial charge in [0, 0.05) is 16.3 Å². The summed E-state index contributed by atoms with van der Waals surface area (Å²) in [6.45, 7) is 7.39. The number of hydrogen-bond donors (Lipinski definition) is 1. The fourth-order valence-electron chi connectivity index (χ4n) is 1.53. The number of rotatable bonds is 3. The van der Waals surface area contributed by atoms with E-state index in [0.29, 0.717) is 5.25 Å². The van der Waals surface area contributed by atoms with E-state index in [1.165, 1.54) is 11.3 Å². The summed E-state index contributed by atoms with van der Waals surface area (Å²) >= 11 is 3.60. The molecule has 1 N–H and O–H groups in total. The predicted molar refractivity (Wildman–Crippen MR) is 72.4 cm³/mol. The summed E-state index contributed by atoms with van der Waals surface area (Å²) in [5, 5.41) is 6.31. The predicted octanol–water partition coefficient (Wildman–Crippen LogP) is 2.98. The lowest BCUT2D eigenvalue weighted by Crippen LogP contribution is -2.23. The number of nitrogens with one attached hydrogen (secondary N) is 1. The van der Waals surface area contributed by atoms with E-state index in [1.807, 2.05) is 18.0 Å². The van der Waals surface area contributed by atoms with Crippen LogP contribution in [0.25, 0.3) is 0 Å². The van der Waals surface area contributed by atoms with E-state index in [-0.39, 0.29) is 6.04 Å². The third-order valence-corrected chi connectivity index (χ3v) is 4.90. The van der Waals surface area contributed by atoms with E-state index < -0.39 is 0 Å². The van der Waals surface area contributed by atoms with Crippen LogP contribution in [-0.2, 0) is 0 Å². The van der Waals surface area contributed by atoms with Gasteiger partial charge in [0.1, 0.15) is 5.01 Å². The molecule has 0 fully saturated rings. The van der Waals surface area contributed by atoms with Crippen molar-refractivity contribution in [3.63, 3.8) is 0 Å². The first kappa shape index (κ1) is 11.9. The highest BCUT2D eigenvalue weighted by Crippen LogP contribution is 2.25. The van der Waals surface area contributed by atoms with Gasteiger partial charge in [0.2, 0.25) is 0 Å². The summed E-state index contributed by atoms with van der Waals surface area (Å²) in [4.78, 5) is 10.2. The number of thioether (sulfide) groups is 1. The van der Waals surface area contributed by atoms with Gasteiger partial charge in [0.15, 0.2) is 5.17 Å². The number of aromatic nitrogens is 1. The van der Waals surface area contributed by atoms with Gasteiger partial charge in [0.25, 0.3) is 0 Å². The minimum absolute atomic E-state index is 0.264. The van der Waals surface area contributed by atoms with E-state index in [0.717, 1.165) is 16.7 Å². The molecule has 0 spiro atoms. The highest BCUT2D eigenvalue weighted by Gasteiger charge is 2.20. The van der Waals surface area contributed by atoms with E-state index in [2.05, 4.69) is 36.1 Å². The molecule has 2 unspecified atom stereocenters. The van der Waals surface area contributed by atoms with Crippen LogP contribution in [0.5, 0.6) is 0 Å². The van der Waals surface area contributed by atoms with Gasteiger partial charge >= 0.3 is 0 Å².